The Morgan fingerprint density at radius 2 is 1.26 bits per heavy atom. The second kappa shape index (κ2) is 17.0. The van der Waals surface area contributed by atoms with Crippen molar-refractivity contribution in [2.75, 3.05) is 5.32 Å². The zero-order chi connectivity index (χ0) is 25.3. The molecule has 0 heterocycles. The van der Waals surface area contributed by atoms with Crippen LogP contribution in [0.4, 0.5) is 5.69 Å². The highest BCUT2D eigenvalue weighted by Crippen LogP contribution is 2.31. The molecule has 0 aliphatic heterocycles. The van der Waals surface area contributed by atoms with Gasteiger partial charge < -0.3 is 10.1 Å². The van der Waals surface area contributed by atoms with Crippen molar-refractivity contribution in [2.24, 2.45) is 5.41 Å². The van der Waals surface area contributed by atoms with Crippen LogP contribution in [0.5, 0.6) is 0 Å². The van der Waals surface area contributed by atoms with Crippen LogP contribution in [0.3, 0.4) is 0 Å². The standard InChI is InChI=1S/C31H55NO2/c1-7-11-14-16-18-25-31(6,24-17-15-12-8-2)32-28-21-19-27(20-22-28)26-34-29(33)30(5,10-4)23-13-9-3/h19-22,32H,7-18,23-26H2,1-6H3. The van der Waals surface area contributed by atoms with Crippen molar-refractivity contribution in [1.29, 1.82) is 0 Å². The molecule has 2 unspecified atom stereocenters. The fourth-order valence-electron chi connectivity index (χ4n) is 4.66. The summed E-state index contributed by atoms with van der Waals surface area (Å²) in [6.07, 6.45) is 18.2. The van der Waals surface area contributed by atoms with Crippen molar-refractivity contribution < 1.29 is 9.53 Å². The third kappa shape index (κ3) is 11.8. The third-order valence-electron chi connectivity index (χ3n) is 7.54. The lowest BCUT2D eigenvalue weighted by Gasteiger charge is -2.33. The summed E-state index contributed by atoms with van der Waals surface area (Å²) in [5, 5.41) is 3.86. The van der Waals surface area contributed by atoms with Gasteiger partial charge in [0, 0.05) is 11.2 Å². The molecule has 0 aliphatic carbocycles. The number of hydrogen-bond acceptors (Lipinski definition) is 3. The SMILES string of the molecule is CCCCCCCC(C)(CCCCCC)Nc1ccc(COC(=O)C(C)(CC)CCCC)cc1. The van der Waals surface area contributed by atoms with E-state index in [4.69, 9.17) is 4.74 Å². The van der Waals surface area contributed by atoms with E-state index in [-0.39, 0.29) is 16.9 Å². The van der Waals surface area contributed by atoms with E-state index in [0.29, 0.717) is 6.61 Å². The number of benzene rings is 1. The molecule has 3 heteroatoms. The Labute approximate surface area is 211 Å². The van der Waals surface area contributed by atoms with Gasteiger partial charge in [-0.15, -0.1) is 0 Å². The third-order valence-corrected chi connectivity index (χ3v) is 7.54. The topological polar surface area (TPSA) is 38.3 Å². The van der Waals surface area contributed by atoms with Crippen LogP contribution in [0.1, 0.15) is 143 Å². The largest absolute Gasteiger partial charge is 0.460 e. The van der Waals surface area contributed by atoms with E-state index in [9.17, 15) is 4.79 Å². The van der Waals surface area contributed by atoms with E-state index in [2.05, 4.69) is 64.2 Å². The normalized spacial score (nSPS) is 14.9. The Kier molecular flexibility index (Phi) is 15.3. The lowest BCUT2D eigenvalue weighted by atomic mass is 9.82. The molecule has 0 saturated carbocycles. The Morgan fingerprint density at radius 1 is 0.735 bits per heavy atom. The molecule has 0 spiro atoms. The summed E-state index contributed by atoms with van der Waals surface area (Å²) >= 11 is 0. The van der Waals surface area contributed by atoms with Crippen molar-refractivity contribution in [3.63, 3.8) is 0 Å². The van der Waals surface area contributed by atoms with Gasteiger partial charge in [-0.05, 0) is 57.2 Å². The summed E-state index contributed by atoms with van der Waals surface area (Å²) in [7, 11) is 0. The molecule has 0 aromatic heterocycles. The van der Waals surface area contributed by atoms with Crippen molar-refractivity contribution in [3.8, 4) is 0 Å². The van der Waals surface area contributed by atoms with E-state index < -0.39 is 0 Å². The summed E-state index contributed by atoms with van der Waals surface area (Å²) in [5.74, 6) is -0.0617. The zero-order valence-electron chi connectivity index (χ0n) is 23.4. The summed E-state index contributed by atoms with van der Waals surface area (Å²) < 4.78 is 5.72. The van der Waals surface area contributed by atoms with Gasteiger partial charge in [0.15, 0.2) is 0 Å². The van der Waals surface area contributed by atoms with Gasteiger partial charge in [0.1, 0.15) is 6.61 Å². The maximum atomic E-state index is 12.7. The minimum Gasteiger partial charge on any atom is -0.460 e. The van der Waals surface area contributed by atoms with Crippen LogP contribution < -0.4 is 5.32 Å². The molecule has 1 aromatic rings. The first-order valence-corrected chi connectivity index (χ1v) is 14.4. The predicted octanol–water partition coefficient (Wildman–Crippen LogP) is 9.84. The number of anilines is 1. The summed E-state index contributed by atoms with van der Waals surface area (Å²) in [6.45, 7) is 13.6. The first-order chi connectivity index (χ1) is 16.3. The fraction of sp³-hybridized carbons (Fsp3) is 0.774. The number of unbranched alkanes of at least 4 members (excludes halogenated alkanes) is 8. The minimum absolute atomic E-state index is 0.0617. The maximum Gasteiger partial charge on any atom is 0.312 e. The number of rotatable bonds is 20. The summed E-state index contributed by atoms with van der Waals surface area (Å²) in [4.78, 5) is 12.7. The number of nitrogens with one attached hydrogen (secondary N) is 1. The van der Waals surface area contributed by atoms with Crippen LogP contribution in [0.25, 0.3) is 0 Å². The molecule has 1 N–H and O–H groups in total. The number of carbonyl (C=O) groups is 1. The van der Waals surface area contributed by atoms with E-state index in [0.717, 1.165) is 31.2 Å². The van der Waals surface area contributed by atoms with Gasteiger partial charge in [0.2, 0.25) is 0 Å². The van der Waals surface area contributed by atoms with Crippen LogP contribution in [-0.4, -0.2) is 11.5 Å². The van der Waals surface area contributed by atoms with E-state index >= 15 is 0 Å². The second-order valence-corrected chi connectivity index (χ2v) is 11.0. The highest BCUT2D eigenvalue weighted by atomic mass is 16.5. The molecule has 0 radical (unpaired) electrons. The minimum atomic E-state index is -0.367. The fourth-order valence-corrected chi connectivity index (χ4v) is 4.66. The summed E-state index contributed by atoms with van der Waals surface area (Å²) in [5.41, 5.74) is 1.99. The number of esters is 1. The van der Waals surface area contributed by atoms with Gasteiger partial charge >= 0.3 is 5.97 Å². The molecular formula is C31H55NO2. The van der Waals surface area contributed by atoms with Crippen LogP contribution in [0.2, 0.25) is 0 Å². The van der Waals surface area contributed by atoms with Gasteiger partial charge in [-0.25, -0.2) is 0 Å². The molecule has 0 bridgehead atoms. The predicted molar refractivity (Wildman–Crippen MR) is 148 cm³/mol. The molecular weight excluding hydrogens is 418 g/mol. The Balaban J connectivity index is 2.67. The van der Waals surface area contributed by atoms with E-state index in [1.165, 1.54) is 76.3 Å². The quantitative estimate of drug-likeness (QED) is 0.151. The van der Waals surface area contributed by atoms with Crippen LogP contribution in [0.15, 0.2) is 24.3 Å². The smallest absolute Gasteiger partial charge is 0.312 e. The monoisotopic (exact) mass is 473 g/mol. The molecule has 196 valence electrons. The lowest BCUT2D eigenvalue weighted by Crippen LogP contribution is -2.34. The van der Waals surface area contributed by atoms with Crippen LogP contribution >= 0.6 is 0 Å². The van der Waals surface area contributed by atoms with Crippen LogP contribution in [-0.2, 0) is 16.1 Å². The van der Waals surface area contributed by atoms with Gasteiger partial charge in [0.25, 0.3) is 0 Å². The molecule has 3 nitrogen and oxygen atoms in total. The highest BCUT2D eigenvalue weighted by Gasteiger charge is 2.32. The number of ether oxygens (including phenoxy) is 1. The second-order valence-electron chi connectivity index (χ2n) is 11.0. The Hall–Kier alpha value is -1.51. The zero-order valence-corrected chi connectivity index (χ0v) is 23.4. The molecule has 34 heavy (non-hydrogen) atoms. The van der Waals surface area contributed by atoms with Crippen molar-refractivity contribution in [2.45, 2.75) is 150 Å². The van der Waals surface area contributed by atoms with Crippen molar-refractivity contribution in [3.05, 3.63) is 29.8 Å². The van der Waals surface area contributed by atoms with Crippen molar-refractivity contribution >= 4 is 11.7 Å². The average molecular weight is 474 g/mol. The first-order valence-electron chi connectivity index (χ1n) is 14.4. The van der Waals surface area contributed by atoms with Gasteiger partial charge in [-0.3, -0.25) is 4.79 Å². The molecule has 0 fully saturated rings. The Morgan fingerprint density at radius 3 is 1.79 bits per heavy atom. The molecule has 0 aliphatic rings. The average Bonchev–Trinajstić information content (AvgIpc) is 2.84. The van der Waals surface area contributed by atoms with Gasteiger partial charge in [0.05, 0.1) is 5.41 Å². The molecule has 0 saturated heterocycles. The highest BCUT2D eigenvalue weighted by molar-refractivity contribution is 5.76. The number of carbonyl (C=O) groups excluding carboxylic acids is 1. The number of hydrogen-bond donors (Lipinski definition) is 1. The van der Waals surface area contributed by atoms with E-state index in [1.807, 2.05) is 6.92 Å². The maximum absolute atomic E-state index is 12.7. The van der Waals surface area contributed by atoms with Gasteiger partial charge in [-0.1, -0.05) is 110 Å². The van der Waals surface area contributed by atoms with Gasteiger partial charge in [-0.2, -0.15) is 0 Å². The first kappa shape index (κ1) is 30.5. The Bertz CT molecular complexity index is 656. The molecule has 1 rings (SSSR count). The van der Waals surface area contributed by atoms with E-state index in [1.54, 1.807) is 0 Å². The van der Waals surface area contributed by atoms with Crippen molar-refractivity contribution in [1.82, 2.24) is 0 Å². The lowest BCUT2D eigenvalue weighted by molar-refractivity contribution is -0.157. The molecule has 0 amide bonds. The molecule has 2 atom stereocenters. The molecule has 1 aromatic carbocycles. The van der Waals surface area contributed by atoms with Crippen LogP contribution in [0, 0.1) is 5.41 Å². The summed E-state index contributed by atoms with van der Waals surface area (Å²) in [6, 6.07) is 8.51.